The van der Waals surface area contributed by atoms with E-state index in [0.717, 1.165) is 11.3 Å². The lowest BCUT2D eigenvalue weighted by Crippen LogP contribution is -2.37. The third-order valence-corrected chi connectivity index (χ3v) is 3.00. The number of aliphatic carboxylic acids is 1. The Morgan fingerprint density at radius 2 is 1.96 bits per heavy atom. The average Bonchev–Trinajstić information content (AvgIpc) is 2.48. The summed E-state index contributed by atoms with van der Waals surface area (Å²) in [5, 5.41) is 16.6. The number of hydrogen-bond donors (Lipinski definition) is 3. The first-order valence-corrected chi connectivity index (χ1v) is 7.91. The highest BCUT2D eigenvalue weighted by Crippen LogP contribution is 2.14. The number of thiocarbonyl (C=S) groups is 1. The molecule has 0 bridgehead atoms. The molecule has 0 aliphatic carbocycles. The van der Waals surface area contributed by atoms with Gasteiger partial charge in [0.05, 0.1) is 18.7 Å². The van der Waals surface area contributed by atoms with Crippen molar-refractivity contribution < 1.29 is 14.6 Å². The largest absolute Gasteiger partial charge is 0.494 e. The fourth-order valence-corrected chi connectivity index (χ4v) is 2.09. The second-order valence-electron chi connectivity index (χ2n) is 5.15. The molecular weight excluding hydrogens is 314 g/mol. The summed E-state index contributed by atoms with van der Waals surface area (Å²) in [5.74, 6) is -0.106. The van der Waals surface area contributed by atoms with E-state index in [1.807, 2.05) is 45.0 Å². The Kier molecular flexibility index (Phi) is 8.04. The fraction of sp³-hybridized carbons (Fsp3) is 0.438. The van der Waals surface area contributed by atoms with Crippen LogP contribution in [0.5, 0.6) is 5.75 Å². The normalized spacial score (nSPS) is 11.2. The summed E-state index contributed by atoms with van der Waals surface area (Å²) in [6.45, 7) is 6.45. The first-order chi connectivity index (χ1) is 10.9. The fourth-order valence-electron chi connectivity index (χ4n) is 1.81. The van der Waals surface area contributed by atoms with E-state index in [2.05, 4.69) is 15.8 Å². The van der Waals surface area contributed by atoms with Crippen molar-refractivity contribution in [3.05, 3.63) is 29.8 Å². The number of nitrogens with one attached hydrogen (secondary N) is 2. The zero-order valence-electron chi connectivity index (χ0n) is 13.6. The van der Waals surface area contributed by atoms with Crippen LogP contribution in [0.2, 0.25) is 0 Å². The monoisotopic (exact) mass is 337 g/mol. The quantitative estimate of drug-likeness (QED) is 0.384. The maximum absolute atomic E-state index is 10.8. The van der Waals surface area contributed by atoms with Crippen LogP contribution < -0.4 is 15.5 Å². The van der Waals surface area contributed by atoms with Gasteiger partial charge in [0, 0.05) is 12.5 Å². The maximum atomic E-state index is 10.8. The Morgan fingerprint density at radius 1 is 1.30 bits per heavy atom. The standard InChI is InChI=1S/C16H23N3O3S/c1-4-22-13-7-5-12(6-8-13)14(9-10-15(20)21)18-19-16(23)17-11(2)3/h5-8,11H,4,9-10H2,1-3H3,(H,20,21)(H2,17,19,23). The Balaban J connectivity index is 2.85. The molecule has 3 N–H and O–H groups in total. The highest BCUT2D eigenvalue weighted by Gasteiger charge is 2.08. The van der Waals surface area contributed by atoms with Gasteiger partial charge in [-0.1, -0.05) is 0 Å². The maximum Gasteiger partial charge on any atom is 0.303 e. The highest BCUT2D eigenvalue weighted by atomic mass is 32.1. The van der Waals surface area contributed by atoms with Crippen LogP contribution in [0.4, 0.5) is 0 Å². The van der Waals surface area contributed by atoms with Gasteiger partial charge in [-0.3, -0.25) is 10.2 Å². The van der Waals surface area contributed by atoms with Crippen molar-refractivity contribution in [3.63, 3.8) is 0 Å². The van der Waals surface area contributed by atoms with Crippen LogP contribution in [0.25, 0.3) is 0 Å². The number of carbonyl (C=O) groups is 1. The van der Waals surface area contributed by atoms with E-state index in [-0.39, 0.29) is 12.5 Å². The molecule has 0 saturated carbocycles. The van der Waals surface area contributed by atoms with Crippen LogP contribution in [0, 0.1) is 0 Å². The van der Waals surface area contributed by atoms with Gasteiger partial charge in [-0.15, -0.1) is 0 Å². The molecule has 1 aromatic rings. The van der Waals surface area contributed by atoms with E-state index < -0.39 is 5.97 Å². The van der Waals surface area contributed by atoms with Crippen molar-refractivity contribution >= 4 is 29.0 Å². The first kappa shape index (κ1) is 18.9. The molecule has 1 aromatic carbocycles. The summed E-state index contributed by atoms with van der Waals surface area (Å²) in [4.78, 5) is 10.8. The minimum Gasteiger partial charge on any atom is -0.494 e. The van der Waals surface area contributed by atoms with E-state index >= 15 is 0 Å². The van der Waals surface area contributed by atoms with E-state index in [1.165, 1.54) is 0 Å². The van der Waals surface area contributed by atoms with Crippen molar-refractivity contribution in [1.82, 2.24) is 10.7 Å². The molecule has 0 atom stereocenters. The van der Waals surface area contributed by atoms with Gasteiger partial charge in [-0.05, 0) is 62.8 Å². The van der Waals surface area contributed by atoms with Gasteiger partial charge in [0.1, 0.15) is 5.75 Å². The zero-order chi connectivity index (χ0) is 17.2. The van der Waals surface area contributed by atoms with Crippen LogP contribution in [0.1, 0.15) is 39.2 Å². The van der Waals surface area contributed by atoms with Crippen molar-refractivity contribution in [2.45, 2.75) is 39.7 Å². The first-order valence-electron chi connectivity index (χ1n) is 7.50. The molecule has 6 nitrogen and oxygen atoms in total. The summed E-state index contributed by atoms with van der Waals surface area (Å²) in [6, 6.07) is 7.57. The van der Waals surface area contributed by atoms with Crippen LogP contribution >= 0.6 is 12.2 Å². The van der Waals surface area contributed by atoms with Gasteiger partial charge in [-0.2, -0.15) is 5.10 Å². The molecule has 0 heterocycles. The van der Waals surface area contributed by atoms with E-state index in [1.54, 1.807) is 0 Å². The SMILES string of the molecule is CCOc1ccc(C(CCC(=O)O)=NNC(=S)NC(C)C)cc1. The topological polar surface area (TPSA) is 83.0 Å². The third-order valence-electron chi connectivity index (χ3n) is 2.79. The molecule has 0 saturated heterocycles. The molecule has 0 aromatic heterocycles. The number of hydrogen-bond acceptors (Lipinski definition) is 4. The Labute approximate surface area is 141 Å². The van der Waals surface area contributed by atoms with Gasteiger partial charge in [-0.25, -0.2) is 0 Å². The Bertz CT molecular complexity index is 556. The lowest BCUT2D eigenvalue weighted by Gasteiger charge is -2.12. The van der Waals surface area contributed by atoms with E-state index in [4.69, 9.17) is 22.1 Å². The van der Waals surface area contributed by atoms with E-state index in [9.17, 15) is 4.79 Å². The summed E-state index contributed by atoms with van der Waals surface area (Å²) in [5.41, 5.74) is 4.22. The molecule has 0 amide bonds. The molecule has 0 aliphatic heterocycles. The molecule has 0 unspecified atom stereocenters. The van der Waals surface area contributed by atoms with Crippen LogP contribution in [0.15, 0.2) is 29.4 Å². The smallest absolute Gasteiger partial charge is 0.303 e. The Hall–Kier alpha value is -2.15. The minimum absolute atomic E-state index is 0.00189. The lowest BCUT2D eigenvalue weighted by atomic mass is 10.1. The van der Waals surface area contributed by atoms with Crippen molar-refractivity contribution in [3.8, 4) is 5.75 Å². The summed E-state index contributed by atoms with van der Waals surface area (Å²) in [6.07, 6.45) is 0.304. The second-order valence-corrected chi connectivity index (χ2v) is 5.56. The minimum atomic E-state index is -0.869. The van der Waals surface area contributed by atoms with Crippen LogP contribution in [-0.2, 0) is 4.79 Å². The lowest BCUT2D eigenvalue weighted by molar-refractivity contribution is -0.136. The molecule has 7 heteroatoms. The number of benzene rings is 1. The molecule has 0 radical (unpaired) electrons. The average molecular weight is 337 g/mol. The summed E-state index contributed by atoms with van der Waals surface area (Å²) in [7, 11) is 0. The predicted molar refractivity (Wildman–Crippen MR) is 95.0 cm³/mol. The van der Waals surface area contributed by atoms with Gasteiger partial charge in [0.25, 0.3) is 0 Å². The number of carboxylic acids is 1. The third kappa shape index (κ3) is 7.60. The molecule has 0 fully saturated rings. The molecule has 0 spiro atoms. The van der Waals surface area contributed by atoms with Crippen LogP contribution in [0.3, 0.4) is 0 Å². The number of ether oxygens (including phenoxy) is 1. The summed E-state index contributed by atoms with van der Waals surface area (Å²) >= 11 is 5.12. The van der Waals surface area contributed by atoms with Gasteiger partial charge in [0.2, 0.25) is 0 Å². The molecule has 126 valence electrons. The summed E-state index contributed by atoms with van der Waals surface area (Å²) < 4.78 is 5.40. The number of rotatable bonds is 8. The molecule has 0 aliphatic rings. The molecule has 1 rings (SSSR count). The molecular formula is C16H23N3O3S. The zero-order valence-corrected chi connectivity index (χ0v) is 14.4. The van der Waals surface area contributed by atoms with Gasteiger partial charge < -0.3 is 15.2 Å². The number of nitrogens with zero attached hydrogens (tertiary/aromatic N) is 1. The highest BCUT2D eigenvalue weighted by molar-refractivity contribution is 7.80. The second kappa shape index (κ2) is 9.78. The van der Waals surface area contributed by atoms with Crippen LogP contribution in [-0.4, -0.2) is 34.5 Å². The number of carboxylic acid groups (broad SMARTS) is 1. The van der Waals surface area contributed by atoms with Crippen molar-refractivity contribution in [1.29, 1.82) is 0 Å². The molecule has 23 heavy (non-hydrogen) atoms. The van der Waals surface area contributed by atoms with E-state index in [0.29, 0.717) is 23.9 Å². The van der Waals surface area contributed by atoms with Crippen molar-refractivity contribution in [2.75, 3.05) is 6.61 Å². The Morgan fingerprint density at radius 3 is 2.48 bits per heavy atom. The van der Waals surface area contributed by atoms with Gasteiger partial charge >= 0.3 is 5.97 Å². The predicted octanol–water partition coefficient (Wildman–Crippen LogP) is 2.53. The number of hydrazone groups is 1. The van der Waals surface area contributed by atoms with Gasteiger partial charge in [0.15, 0.2) is 5.11 Å². The van der Waals surface area contributed by atoms with Crippen molar-refractivity contribution in [2.24, 2.45) is 5.10 Å².